The molecule has 23 heavy (non-hydrogen) atoms. The number of anilines is 1. The molecule has 114 valence electrons. The molecule has 3 aromatic rings. The Morgan fingerprint density at radius 1 is 1.17 bits per heavy atom. The van der Waals surface area contributed by atoms with Gasteiger partial charge in [0, 0.05) is 22.5 Å². The van der Waals surface area contributed by atoms with Crippen molar-refractivity contribution in [3.05, 3.63) is 64.3 Å². The lowest BCUT2D eigenvalue weighted by molar-refractivity contribution is -0.116. The Hall–Kier alpha value is -2.40. The van der Waals surface area contributed by atoms with Gasteiger partial charge in [0.1, 0.15) is 17.8 Å². The maximum absolute atomic E-state index is 12.3. The number of hydrogen-bond donors (Lipinski definition) is 0. The molecule has 1 aliphatic rings. The molecule has 0 unspecified atom stereocenters. The Bertz CT molecular complexity index is 959. The second-order valence-corrected chi connectivity index (χ2v) is 6.32. The molecule has 0 fully saturated rings. The van der Waals surface area contributed by atoms with Crippen molar-refractivity contribution in [3.63, 3.8) is 0 Å². The number of halogens is 1. The molecule has 1 aliphatic heterocycles. The van der Waals surface area contributed by atoms with Gasteiger partial charge in [-0.3, -0.25) is 9.79 Å². The summed E-state index contributed by atoms with van der Waals surface area (Å²) in [6.45, 7) is 0.108. The zero-order valence-electron chi connectivity index (χ0n) is 12.4. The van der Waals surface area contributed by atoms with Crippen LogP contribution in [0.15, 0.2) is 62.4 Å². The highest BCUT2D eigenvalue weighted by molar-refractivity contribution is 9.10. The van der Waals surface area contributed by atoms with Gasteiger partial charge in [0.15, 0.2) is 5.76 Å². The lowest BCUT2D eigenvalue weighted by Gasteiger charge is -2.14. The van der Waals surface area contributed by atoms with Crippen molar-refractivity contribution >= 4 is 44.2 Å². The molecule has 1 amide bonds. The first-order chi connectivity index (χ1) is 11.1. The number of carbonyl (C=O) groups excluding carboxylic acids is 1. The molecule has 0 saturated heterocycles. The summed E-state index contributed by atoms with van der Waals surface area (Å²) in [4.78, 5) is 18.5. The van der Waals surface area contributed by atoms with Crippen molar-refractivity contribution in [2.75, 3.05) is 18.5 Å². The average Bonchev–Trinajstić information content (AvgIpc) is 2.88. The number of aliphatic imine (C=N–C) groups is 1. The molecule has 0 N–H and O–H groups in total. The lowest BCUT2D eigenvalue weighted by atomic mass is 10.1. The second kappa shape index (κ2) is 5.35. The number of hydrogen-bond acceptors (Lipinski definition) is 3. The van der Waals surface area contributed by atoms with Crippen LogP contribution in [0, 0.1) is 0 Å². The molecule has 0 atom stereocenters. The van der Waals surface area contributed by atoms with Crippen LogP contribution in [0.5, 0.6) is 0 Å². The lowest BCUT2D eigenvalue weighted by Crippen LogP contribution is -2.27. The summed E-state index contributed by atoms with van der Waals surface area (Å²) in [6, 6.07) is 15.6. The molecule has 4 nitrogen and oxygen atoms in total. The molecule has 0 radical (unpaired) electrons. The Kier molecular flexibility index (Phi) is 3.31. The van der Waals surface area contributed by atoms with Crippen molar-refractivity contribution in [2.24, 2.45) is 4.99 Å². The fraction of sp³-hybridized carbons (Fsp3) is 0.111. The van der Waals surface area contributed by atoms with Gasteiger partial charge >= 0.3 is 0 Å². The maximum atomic E-state index is 12.3. The maximum Gasteiger partial charge on any atom is 0.248 e. The van der Waals surface area contributed by atoms with Crippen molar-refractivity contribution in [1.82, 2.24) is 0 Å². The number of nitrogens with zero attached hydrogens (tertiary/aromatic N) is 2. The summed E-state index contributed by atoms with van der Waals surface area (Å²) in [5.74, 6) is 0.584. The number of furan rings is 1. The molecule has 0 aliphatic carbocycles. The third-order valence-electron chi connectivity index (χ3n) is 3.96. The summed E-state index contributed by atoms with van der Waals surface area (Å²) in [5.41, 5.74) is 3.15. The molecule has 2 heterocycles. The minimum Gasteiger partial charge on any atom is -0.452 e. The van der Waals surface area contributed by atoms with Crippen molar-refractivity contribution in [3.8, 4) is 0 Å². The molecule has 0 bridgehead atoms. The highest BCUT2D eigenvalue weighted by Gasteiger charge is 2.28. The van der Waals surface area contributed by atoms with Gasteiger partial charge in [0.2, 0.25) is 5.91 Å². The van der Waals surface area contributed by atoms with Gasteiger partial charge in [-0.15, -0.1) is 0 Å². The number of amides is 1. The van der Waals surface area contributed by atoms with Crippen LogP contribution in [-0.4, -0.2) is 25.2 Å². The monoisotopic (exact) mass is 367 g/mol. The van der Waals surface area contributed by atoms with Gasteiger partial charge in [0.05, 0.1) is 5.69 Å². The SMILES string of the molecule is [11CH3]N1C(=O)CN=C(c2cccc(Br)c2)c2oc3ccccc3c21. The van der Waals surface area contributed by atoms with E-state index in [-0.39, 0.29) is 12.5 Å². The molecular formula is C18H13BrN2O2. The largest absolute Gasteiger partial charge is 0.452 e. The van der Waals surface area contributed by atoms with Gasteiger partial charge in [-0.2, -0.15) is 0 Å². The van der Waals surface area contributed by atoms with Crippen LogP contribution in [-0.2, 0) is 4.79 Å². The third-order valence-corrected chi connectivity index (χ3v) is 4.46. The van der Waals surface area contributed by atoms with Crippen LogP contribution in [0.2, 0.25) is 0 Å². The zero-order valence-corrected chi connectivity index (χ0v) is 14.0. The van der Waals surface area contributed by atoms with E-state index in [1.807, 2.05) is 48.5 Å². The predicted molar refractivity (Wildman–Crippen MR) is 94.3 cm³/mol. The summed E-state index contributed by atoms with van der Waals surface area (Å²) in [7, 11) is 1.77. The first-order valence-electron chi connectivity index (χ1n) is 7.24. The Morgan fingerprint density at radius 2 is 2.00 bits per heavy atom. The van der Waals surface area contributed by atoms with E-state index < -0.39 is 0 Å². The summed E-state index contributed by atoms with van der Waals surface area (Å²) in [6.07, 6.45) is 0. The number of carbonyl (C=O) groups is 1. The highest BCUT2D eigenvalue weighted by atomic mass is 79.9. The predicted octanol–water partition coefficient (Wildman–Crippen LogP) is 4.01. The van der Waals surface area contributed by atoms with Crippen LogP contribution in [0.3, 0.4) is 0 Å². The minimum atomic E-state index is -0.0530. The van der Waals surface area contributed by atoms with E-state index in [4.69, 9.17) is 4.42 Å². The van der Waals surface area contributed by atoms with E-state index in [2.05, 4.69) is 20.9 Å². The fourth-order valence-electron chi connectivity index (χ4n) is 2.83. The van der Waals surface area contributed by atoms with E-state index in [1.165, 1.54) is 0 Å². The van der Waals surface area contributed by atoms with E-state index in [0.717, 1.165) is 26.7 Å². The summed E-state index contributed by atoms with van der Waals surface area (Å²) < 4.78 is 7.01. The van der Waals surface area contributed by atoms with Crippen LogP contribution in [0.1, 0.15) is 11.3 Å². The second-order valence-electron chi connectivity index (χ2n) is 5.40. The highest BCUT2D eigenvalue weighted by Crippen LogP contribution is 2.36. The van der Waals surface area contributed by atoms with Gasteiger partial charge < -0.3 is 9.32 Å². The molecule has 0 saturated carbocycles. The molecule has 4 rings (SSSR count). The standard InChI is InChI=1S/C18H13BrN2O2/c1-21-15(22)10-20-16(11-5-4-6-12(19)9-11)18-17(21)13-7-2-3-8-14(13)23-18/h2-9H,10H2,1H3/i1-1. The van der Waals surface area contributed by atoms with Crippen LogP contribution in [0.4, 0.5) is 5.69 Å². The quantitative estimate of drug-likeness (QED) is 0.652. The third kappa shape index (κ3) is 2.28. The Balaban J connectivity index is 2.02. The number of para-hydroxylation sites is 1. The van der Waals surface area contributed by atoms with E-state index in [9.17, 15) is 4.79 Å². The molecule has 5 heteroatoms. The van der Waals surface area contributed by atoms with Crippen molar-refractivity contribution < 1.29 is 9.21 Å². The zero-order chi connectivity index (χ0) is 16.0. The summed E-state index contributed by atoms with van der Waals surface area (Å²) in [5, 5.41) is 0.919. The first-order valence-corrected chi connectivity index (χ1v) is 8.03. The number of fused-ring (bicyclic) bond motifs is 3. The molecule has 2 aromatic carbocycles. The molecular weight excluding hydrogens is 355 g/mol. The molecule has 1 aromatic heterocycles. The van der Waals surface area contributed by atoms with Gasteiger partial charge in [-0.25, -0.2) is 0 Å². The normalized spacial score (nSPS) is 14.6. The average molecular weight is 368 g/mol. The van der Waals surface area contributed by atoms with E-state index in [0.29, 0.717) is 11.5 Å². The van der Waals surface area contributed by atoms with Gasteiger partial charge in [-0.1, -0.05) is 40.2 Å². The van der Waals surface area contributed by atoms with Crippen LogP contribution >= 0.6 is 15.9 Å². The number of benzene rings is 2. The number of likely N-dealkylation sites (N-methyl/N-ethyl adjacent to an activating group) is 1. The smallest absolute Gasteiger partial charge is 0.248 e. The van der Waals surface area contributed by atoms with Gasteiger partial charge in [-0.05, 0) is 24.3 Å². The number of rotatable bonds is 1. The van der Waals surface area contributed by atoms with Crippen LogP contribution in [0.25, 0.3) is 11.0 Å². The molecule has 0 spiro atoms. The minimum absolute atomic E-state index is 0.0530. The van der Waals surface area contributed by atoms with E-state index in [1.54, 1.807) is 11.9 Å². The fourth-order valence-corrected chi connectivity index (χ4v) is 3.23. The summed E-state index contributed by atoms with van der Waals surface area (Å²) >= 11 is 3.48. The van der Waals surface area contributed by atoms with Crippen molar-refractivity contribution in [1.29, 1.82) is 0 Å². The van der Waals surface area contributed by atoms with Gasteiger partial charge in [0.25, 0.3) is 0 Å². The topological polar surface area (TPSA) is 45.8 Å². The Labute approximate surface area is 141 Å². The Morgan fingerprint density at radius 3 is 2.83 bits per heavy atom. The van der Waals surface area contributed by atoms with E-state index >= 15 is 0 Å². The first kappa shape index (κ1) is 14.2. The van der Waals surface area contributed by atoms with Crippen molar-refractivity contribution in [2.45, 2.75) is 0 Å². The van der Waals surface area contributed by atoms with Crippen LogP contribution < -0.4 is 4.90 Å².